The first kappa shape index (κ1) is 13.7. The number of nitrogens with two attached hydrogens (primary N) is 1. The van der Waals surface area contributed by atoms with Crippen LogP contribution < -0.4 is 11.1 Å². The molecule has 1 heterocycles. The minimum Gasteiger partial charge on any atom is -0.370 e. The summed E-state index contributed by atoms with van der Waals surface area (Å²) in [7, 11) is 0. The van der Waals surface area contributed by atoms with E-state index < -0.39 is 0 Å². The molecule has 1 aromatic heterocycles. The van der Waals surface area contributed by atoms with Gasteiger partial charge in [-0.3, -0.25) is 0 Å². The van der Waals surface area contributed by atoms with E-state index in [0.29, 0.717) is 12.5 Å². The highest BCUT2D eigenvalue weighted by molar-refractivity contribution is 14.0. The summed E-state index contributed by atoms with van der Waals surface area (Å²) in [4.78, 5) is 8.37. The van der Waals surface area contributed by atoms with Crippen LogP contribution in [0.3, 0.4) is 0 Å². The lowest BCUT2D eigenvalue weighted by Gasteiger charge is -2.25. The predicted octanol–water partition coefficient (Wildman–Crippen LogP) is 1.97. The topological polar surface area (TPSA) is 63.3 Å². The molecule has 1 aromatic rings. The number of nitrogens with zero attached hydrogens (tertiary/aromatic N) is 2. The van der Waals surface area contributed by atoms with Gasteiger partial charge in [0, 0.05) is 18.1 Å². The van der Waals surface area contributed by atoms with Gasteiger partial charge in [0.1, 0.15) is 5.01 Å². The lowest BCUT2D eigenvalue weighted by Crippen LogP contribution is -2.37. The fourth-order valence-corrected chi connectivity index (χ4v) is 2.03. The molecule has 0 aromatic carbocycles. The summed E-state index contributed by atoms with van der Waals surface area (Å²) in [5, 5.41) is 6.10. The van der Waals surface area contributed by atoms with Crippen LogP contribution in [0, 0.1) is 5.92 Å². The van der Waals surface area contributed by atoms with Gasteiger partial charge in [0.25, 0.3) is 0 Å². The van der Waals surface area contributed by atoms with E-state index in [2.05, 4.69) is 15.3 Å². The Hall–Kier alpha value is -0.370. The van der Waals surface area contributed by atoms with Gasteiger partial charge in [-0.05, 0) is 18.8 Å². The predicted molar refractivity (Wildman–Crippen MR) is 78.2 cm³/mol. The first-order chi connectivity index (χ1) is 7.34. The third-order valence-electron chi connectivity index (χ3n) is 2.66. The highest BCUT2D eigenvalue weighted by Crippen LogP contribution is 2.24. The second-order valence-electron chi connectivity index (χ2n) is 3.81. The summed E-state index contributed by atoms with van der Waals surface area (Å²) in [6.07, 6.45) is 5.80. The average Bonchev–Trinajstić information content (AvgIpc) is 2.64. The van der Waals surface area contributed by atoms with Crippen molar-refractivity contribution in [2.75, 3.05) is 6.54 Å². The van der Waals surface area contributed by atoms with Crippen LogP contribution in [0.25, 0.3) is 0 Å². The molecule has 0 radical (unpaired) electrons. The van der Waals surface area contributed by atoms with Gasteiger partial charge in [0.05, 0.1) is 6.54 Å². The van der Waals surface area contributed by atoms with E-state index in [0.717, 1.165) is 17.5 Å². The van der Waals surface area contributed by atoms with Gasteiger partial charge in [-0.1, -0.05) is 6.42 Å². The molecule has 3 N–H and O–H groups in total. The zero-order chi connectivity index (χ0) is 10.5. The van der Waals surface area contributed by atoms with Crippen LogP contribution in [-0.4, -0.2) is 17.5 Å². The van der Waals surface area contributed by atoms with E-state index in [-0.39, 0.29) is 24.0 Å². The van der Waals surface area contributed by atoms with Gasteiger partial charge in [-0.25, -0.2) is 9.98 Å². The number of hydrogen-bond acceptors (Lipinski definition) is 3. The second-order valence-corrected chi connectivity index (χ2v) is 4.78. The van der Waals surface area contributed by atoms with Gasteiger partial charge in [-0.2, -0.15) is 0 Å². The van der Waals surface area contributed by atoms with Crippen LogP contribution in [0.2, 0.25) is 0 Å². The summed E-state index contributed by atoms with van der Waals surface area (Å²) in [6, 6.07) is 0. The Labute approximate surface area is 117 Å². The van der Waals surface area contributed by atoms with Crippen molar-refractivity contribution in [2.45, 2.75) is 25.8 Å². The van der Waals surface area contributed by atoms with Crippen molar-refractivity contribution in [3.8, 4) is 0 Å². The minimum absolute atomic E-state index is 0. The number of rotatable bonds is 4. The normalized spacial score (nSPS) is 16.4. The van der Waals surface area contributed by atoms with Crippen LogP contribution in [0.15, 0.2) is 16.6 Å². The van der Waals surface area contributed by atoms with E-state index in [1.165, 1.54) is 19.3 Å². The number of thiazole rings is 1. The van der Waals surface area contributed by atoms with E-state index >= 15 is 0 Å². The standard InChI is InChI=1S/C10H16N4S.HI/c11-10(13-6-8-2-1-3-8)14-7-9-12-4-5-15-9;/h4-5,8H,1-3,6-7H2,(H3,11,13,14);1H. The zero-order valence-electron chi connectivity index (χ0n) is 9.06. The quantitative estimate of drug-likeness (QED) is 0.495. The summed E-state index contributed by atoms with van der Waals surface area (Å²) in [5.74, 6) is 1.34. The van der Waals surface area contributed by atoms with Crippen LogP contribution in [0.4, 0.5) is 0 Å². The van der Waals surface area contributed by atoms with Crippen molar-refractivity contribution in [1.29, 1.82) is 0 Å². The van der Waals surface area contributed by atoms with E-state index in [9.17, 15) is 0 Å². The molecule has 6 heteroatoms. The molecule has 0 bridgehead atoms. The van der Waals surface area contributed by atoms with Crippen molar-refractivity contribution >= 4 is 41.3 Å². The molecule has 90 valence electrons. The molecule has 0 aliphatic heterocycles. The zero-order valence-corrected chi connectivity index (χ0v) is 12.2. The second kappa shape index (κ2) is 7.05. The molecule has 1 fully saturated rings. The summed E-state index contributed by atoms with van der Waals surface area (Å²) in [6.45, 7) is 1.55. The monoisotopic (exact) mass is 352 g/mol. The van der Waals surface area contributed by atoms with Gasteiger partial charge in [0.15, 0.2) is 5.96 Å². The third kappa shape index (κ3) is 4.25. The lowest BCUT2D eigenvalue weighted by atomic mass is 9.85. The van der Waals surface area contributed by atoms with Crippen LogP contribution in [0.5, 0.6) is 0 Å². The SMILES string of the molecule is I.NC(=NCc1nccs1)NCC1CCC1. The number of halogens is 1. The molecule has 0 unspecified atom stereocenters. The van der Waals surface area contributed by atoms with Gasteiger partial charge < -0.3 is 11.1 Å². The van der Waals surface area contributed by atoms with Gasteiger partial charge >= 0.3 is 0 Å². The fourth-order valence-electron chi connectivity index (χ4n) is 1.49. The Morgan fingerprint density at radius 2 is 2.44 bits per heavy atom. The summed E-state index contributed by atoms with van der Waals surface area (Å²) < 4.78 is 0. The first-order valence-corrected chi connectivity index (χ1v) is 6.14. The molecule has 0 saturated heterocycles. The van der Waals surface area contributed by atoms with Crippen LogP contribution >= 0.6 is 35.3 Å². The smallest absolute Gasteiger partial charge is 0.189 e. The molecule has 1 aliphatic rings. The number of aliphatic imine (C=N–C) groups is 1. The molecule has 1 saturated carbocycles. The third-order valence-corrected chi connectivity index (χ3v) is 3.43. The molecular formula is C10H17IN4S. The molecule has 0 spiro atoms. The van der Waals surface area contributed by atoms with E-state index in [4.69, 9.17) is 5.73 Å². The molecule has 0 amide bonds. The Balaban J connectivity index is 0.00000128. The molecule has 16 heavy (non-hydrogen) atoms. The van der Waals surface area contributed by atoms with Crippen molar-refractivity contribution in [2.24, 2.45) is 16.6 Å². The van der Waals surface area contributed by atoms with Crippen LogP contribution in [0.1, 0.15) is 24.3 Å². The lowest BCUT2D eigenvalue weighted by molar-refractivity contribution is 0.315. The number of hydrogen-bond donors (Lipinski definition) is 2. The Bertz CT molecular complexity index is 322. The largest absolute Gasteiger partial charge is 0.370 e. The van der Waals surface area contributed by atoms with Crippen molar-refractivity contribution in [1.82, 2.24) is 10.3 Å². The first-order valence-electron chi connectivity index (χ1n) is 5.27. The summed E-state index contributed by atoms with van der Waals surface area (Å²) >= 11 is 1.60. The van der Waals surface area contributed by atoms with Gasteiger partial charge in [-0.15, -0.1) is 35.3 Å². The summed E-state index contributed by atoms with van der Waals surface area (Å²) in [5.41, 5.74) is 5.73. The Morgan fingerprint density at radius 1 is 1.62 bits per heavy atom. The maximum Gasteiger partial charge on any atom is 0.189 e. The average molecular weight is 352 g/mol. The Kier molecular flexibility index (Phi) is 6.04. The van der Waals surface area contributed by atoms with Crippen molar-refractivity contribution < 1.29 is 0 Å². The molecule has 4 nitrogen and oxygen atoms in total. The fraction of sp³-hybridized carbons (Fsp3) is 0.600. The molecule has 1 aliphatic carbocycles. The highest BCUT2D eigenvalue weighted by atomic mass is 127. The maximum atomic E-state index is 5.73. The van der Waals surface area contributed by atoms with E-state index in [1.807, 2.05) is 5.38 Å². The molecule has 0 atom stereocenters. The van der Waals surface area contributed by atoms with Crippen molar-refractivity contribution in [3.63, 3.8) is 0 Å². The highest BCUT2D eigenvalue weighted by Gasteiger charge is 2.16. The van der Waals surface area contributed by atoms with Crippen LogP contribution in [-0.2, 0) is 6.54 Å². The molecular weight excluding hydrogens is 335 g/mol. The van der Waals surface area contributed by atoms with E-state index in [1.54, 1.807) is 17.5 Å². The number of aromatic nitrogens is 1. The Morgan fingerprint density at radius 3 is 3.00 bits per heavy atom. The molecule has 2 rings (SSSR count). The number of nitrogens with one attached hydrogen (secondary N) is 1. The minimum atomic E-state index is 0. The van der Waals surface area contributed by atoms with Gasteiger partial charge in [0.2, 0.25) is 0 Å². The maximum absolute atomic E-state index is 5.73. The van der Waals surface area contributed by atoms with Crippen molar-refractivity contribution in [3.05, 3.63) is 16.6 Å². The number of guanidine groups is 1.